The summed E-state index contributed by atoms with van der Waals surface area (Å²) in [5, 5.41) is 0. The Bertz CT molecular complexity index is 712. The number of benzene rings is 1. The second-order valence-corrected chi connectivity index (χ2v) is 7.51. The SMILES string of the molecule is Cc1ccc(C(=O)N2CCCC2)cc1N1C(=O)C2CCCCC2C1=O. The minimum absolute atomic E-state index is 0.00439. The first kappa shape index (κ1) is 16.3. The summed E-state index contributed by atoms with van der Waals surface area (Å²) in [5.41, 5.74) is 2.02. The van der Waals surface area contributed by atoms with Gasteiger partial charge in [0.15, 0.2) is 0 Å². The highest BCUT2D eigenvalue weighted by Crippen LogP contribution is 2.41. The number of rotatable bonds is 2. The van der Waals surface area contributed by atoms with Gasteiger partial charge in [0.05, 0.1) is 17.5 Å². The standard InChI is InChI=1S/C20H24N2O3/c1-13-8-9-14(18(23)21-10-4-5-11-21)12-17(13)22-19(24)15-6-2-3-7-16(15)20(22)25/h8-9,12,15-16H,2-7,10-11H2,1H3. The number of hydrogen-bond acceptors (Lipinski definition) is 3. The van der Waals surface area contributed by atoms with Gasteiger partial charge in [-0.2, -0.15) is 0 Å². The van der Waals surface area contributed by atoms with Crippen molar-refractivity contribution in [2.75, 3.05) is 18.0 Å². The third kappa shape index (κ3) is 2.66. The molecule has 0 radical (unpaired) electrons. The highest BCUT2D eigenvalue weighted by atomic mass is 16.2. The molecule has 1 aromatic rings. The normalized spacial score (nSPS) is 26.3. The summed E-state index contributed by atoms with van der Waals surface area (Å²) in [6.07, 6.45) is 5.71. The molecule has 3 fully saturated rings. The van der Waals surface area contributed by atoms with E-state index in [1.165, 1.54) is 4.90 Å². The van der Waals surface area contributed by atoms with Crippen molar-refractivity contribution in [1.29, 1.82) is 0 Å². The fourth-order valence-electron chi connectivity index (χ4n) is 4.49. The molecule has 0 aromatic heterocycles. The van der Waals surface area contributed by atoms with E-state index in [0.29, 0.717) is 11.3 Å². The number of aryl methyl sites for hydroxylation is 1. The van der Waals surface area contributed by atoms with E-state index in [2.05, 4.69) is 0 Å². The quantitative estimate of drug-likeness (QED) is 0.778. The number of amides is 3. The van der Waals surface area contributed by atoms with Gasteiger partial charge in [-0.05, 0) is 50.3 Å². The summed E-state index contributed by atoms with van der Waals surface area (Å²) in [7, 11) is 0. The summed E-state index contributed by atoms with van der Waals surface area (Å²) in [5.74, 6) is -0.500. The third-order valence-corrected chi connectivity index (χ3v) is 5.93. The summed E-state index contributed by atoms with van der Waals surface area (Å²) >= 11 is 0. The zero-order valence-corrected chi connectivity index (χ0v) is 14.7. The molecule has 2 heterocycles. The van der Waals surface area contributed by atoms with Crippen molar-refractivity contribution in [2.24, 2.45) is 11.8 Å². The molecule has 132 valence electrons. The Kier molecular flexibility index (Phi) is 4.10. The zero-order valence-electron chi connectivity index (χ0n) is 14.7. The predicted octanol–water partition coefficient (Wildman–Crippen LogP) is 2.91. The summed E-state index contributed by atoms with van der Waals surface area (Å²) < 4.78 is 0. The second kappa shape index (κ2) is 6.28. The molecule has 1 aromatic carbocycles. The Morgan fingerprint density at radius 3 is 2.16 bits per heavy atom. The van der Waals surface area contributed by atoms with Gasteiger partial charge in [0.25, 0.3) is 5.91 Å². The molecule has 5 heteroatoms. The molecule has 2 saturated heterocycles. The summed E-state index contributed by atoms with van der Waals surface area (Å²) in [6.45, 7) is 3.46. The van der Waals surface area contributed by atoms with E-state index in [4.69, 9.17) is 0 Å². The van der Waals surface area contributed by atoms with Crippen molar-refractivity contribution < 1.29 is 14.4 Å². The molecule has 2 atom stereocenters. The number of anilines is 1. The lowest BCUT2D eigenvalue weighted by atomic mass is 9.81. The highest BCUT2D eigenvalue weighted by molar-refractivity contribution is 6.22. The van der Waals surface area contributed by atoms with Crippen molar-refractivity contribution in [3.05, 3.63) is 29.3 Å². The molecule has 3 amide bonds. The average Bonchev–Trinajstić information content (AvgIpc) is 3.24. The molecule has 1 aliphatic carbocycles. The second-order valence-electron chi connectivity index (χ2n) is 7.51. The molecule has 0 N–H and O–H groups in total. The van der Waals surface area contributed by atoms with Gasteiger partial charge in [-0.25, -0.2) is 4.90 Å². The summed E-state index contributed by atoms with van der Waals surface area (Å²) in [4.78, 5) is 41.6. The van der Waals surface area contributed by atoms with Crippen LogP contribution in [0.2, 0.25) is 0 Å². The Labute approximate surface area is 148 Å². The van der Waals surface area contributed by atoms with Gasteiger partial charge >= 0.3 is 0 Å². The summed E-state index contributed by atoms with van der Waals surface area (Å²) in [6, 6.07) is 5.39. The monoisotopic (exact) mass is 340 g/mol. The van der Waals surface area contributed by atoms with Crippen LogP contribution in [0.3, 0.4) is 0 Å². The maximum atomic E-state index is 12.8. The van der Waals surface area contributed by atoms with Gasteiger partial charge in [0.1, 0.15) is 0 Å². The smallest absolute Gasteiger partial charge is 0.253 e. The van der Waals surface area contributed by atoms with Crippen LogP contribution in [0.1, 0.15) is 54.4 Å². The third-order valence-electron chi connectivity index (χ3n) is 5.93. The van der Waals surface area contributed by atoms with Crippen LogP contribution in [0.5, 0.6) is 0 Å². The molecule has 5 nitrogen and oxygen atoms in total. The van der Waals surface area contributed by atoms with Crippen LogP contribution in [0.25, 0.3) is 0 Å². The van der Waals surface area contributed by atoms with E-state index in [1.54, 1.807) is 12.1 Å². The molecule has 0 bridgehead atoms. The van der Waals surface area contributed by atoms with Crippen molar-refractivity contribution in [1.82, 2.24) is 4.90 Å². The number of nitrogens with zero attached hydrogens (tertiary/aromatic N) is 2. The molecule has 2 unspecified atom stereocenters. The Morgan fingerprint density at radius 1 is 0.960 bits per heavy atom. The lowest BCUT2D eigenvalue weighted by molar-refractivity contribution is -0.122. The van der Waals surface area contributed by atoms with Crippen LogP contribution in [0.4, 0.5) is 5.69 Å². The van der Waals surface area contributed by atoms with Crippen LogP contribution < -0.4 is 4.90 Å². The fraction of sp³-hybridized carbons (Fsp3) is 0.550. The molecule has 0 spiro atoms. The van der Waals surface area contributed by atoms with E-state index >= 15 is 0 Å². The van der Waals surface area contributed by atoms with Crippen molar-refractivity contribution >= 4 is 23.4 Å². The average molecular weight is 340 g/mol. The van der Waals surface area contributed by atoms with E-state index in [9.17, 15) is 14.4 Å². The number of fused-ring (bicyclic) bond motifs is 1. The molecule has 4 rings (SSSR count). The maximum Gasteiger partial charge on any atom is 0.253 e. The number of carbonyl (C=O) groups is 3. The Balaban J connectivity index is 1.67. The largest absolute Gasteiger partial charge is 0.339 e. The lowest BCUT2D eigenvalue weighted by Gasteiger charge is -2.20. The highest BCUT2D eigenvalue weighted by Gasteiger charge is 2.49. The van der Waals surface area contributed by atoms with Crippen LogP contribution in [0, 0.1) is 18.8 Å². The molecule has 1 saturated carbocycles. The van der Waals surface area contributed by atoms with Crippen LogP contribution in [0.15, 0.2) is 18.2 Å². The molecule has 25 heavy (non-hydrogen) atoms. The van der Waals surface area contributed by atoms with Crippen LogP contribution in [-0.4, -0.2) is 35.7 Å². The van der Waals surface area contributed by atoms with Gasteiger partial charge < -0.3 is 4.90 Å². The van der Waals surface area contributed by atoms with E-state index in [-0.39, 0.29) is 29.6 Å². The molecular weight excluding hydrogens is 316 g/mol. The van der Waals surface area contributed by atoms with E-state index in [0.717, 1.165) is 57.2 Å². The van der Waals surface area contributed by atoms with Crippen LogP contribution >= 0.6 is 0 Å². The first-order valence-electron chi connectivity index (χ1n) is 9.35. The van der Waals surface area contributed by atoms with Gasteiger partial charge in [-0.3, -0.25) is 14.4 Å². The fourth-order valence-corrected chi connectivity index (χ4v) is 4.49. The molecule has 2 aliphatic heterocycles. The first-order chi connectivity index (χ1) is 12.1. The number of likely N-dealkylation sites (tertiary alicyclic amines) is 1. The zero-order chi connectivity index (χ0) is 17.6. The predicted molar refractivity (Wildman–Crippen MR) is 94.3 cm³/mol. The van der Waals surface area contributed by atoms with Crippen molar-refractivity contribution in [3.63, 3.8) is 0 Å². The first-order valence-corrected chi connectivity index (χ1v) is 9.35. The number of hydrogen-bond donors (Lipinski definition) is 0. The van der Waals surface area contributed by atoms with Gasteiger partial charge in [0, 0.05) is 18.7 Å². The molecule has 3 aliphatic rings. The topological polar surface area (TPSA) is 57.7 Å². The van der Waals surface area contributed by atoms with Crippen LogP contribution in [-0.2, 0) is 9.59 Å². The molecular formula is C20H24N2O3. The van der Waals surface area contributed by atoms with E-state index in [1.807, 2.05) is 17.9 Å². The Hall–Kier alpha value is -2.17. The van der Waals surface area contributed by atoms with E-state index < -0.39 is 0 Å². The lowest BCUT2D eigenvalue weighted by Crippen LogP contribution is -2.32. The Morgan fingerprint density at radius 2 is 1.56 bits per heavy atom. The van der Waals surface area contributed by atoms with Gasteiger partial charge in [-0.15, -0.1) is 0 Å². The minimum Gasteiger partial charge on any atom is -0.339 e. The number of imide groups is 1. The van der Waals surface area contributed by atoms with Crippen molar-refractivity contribution in [3.8, 4) is 0 Å². The van der Waals surface area contributed by atoms with Gasteiger partial charge in [0.2, 0.25) is 11.8 Å². The van der Waals surface area contributed by atoms with Gasteiger partial charge in [-0.1, -0.05) is 18.9 Å². The maximum absolute atomic E-state index is 12.8. The number of carbonyl (C=O) groups excluding carboxylic acids is 3. The minimum atomic E-state index is -0.168. The van der Waals surface area contributed by atoms with Crippen molar-refractivity contribution in [2.45, 2.75) is 45.4 Å².